The van der Waals surface area contributed by atoms with Gasteiger partial charge in [0.1, 0.15) is 0 Å². The third kappa shape index (κ3) is 4.01. The largest absolute Gasteiger partial charge is 0.378 e. The highest BCUT2D eigenvalue weighted by atomic mass is 16.5. The molecule has 2 fully saturated rings. The van der Waals surface area contributed by atoms with Crippen molar-refractivity contribution in [2.45, 2.75) is 85.8 Å². The summed E-state index contributed by atoms with van der Waals surface area (Å²) in [6.07, 6.45) is 7.32. The molecule has 0 amide bonds. The highest BCUT2D eigenvalue weighted by Crippen LogP contribution is 2.43. The Hall–Kier alpha value is -0.0800. The fourth-order valence-electron chi connectivity index (χ4n) is 4.26. The summed E-state index contributed by atoms with van der Waals surface area (Å²) in [5.74, 6) is 1.82. The standard InChI is InChI=1S/C19H37NO/c1-7-21-17-12-16(19(17,5)6)20-13-14-8-10-15(11-9-14)18(2,3)4/h14-17,20H,7-13H2,1-6H3. The van der Waals surface area contributed by atoms with Gasteiger partial charge < -0.3 is 10.1 Å². The van der Waals surface area contributed by atoms with E-state index in [9.17, 15) is 0 Å². The summed E-state index contributed by atoms with van der Waals surface area (Å²) in [5, 5.41) is 3.84. The molecule has 21 heavy (non-hydrogen) atoms. The minimum atomic E-state index is 0.304. The summed E-state index contributed by atoms with van der Waals surface area (Å²) in [6, 6.07) is 0.648. The molecule has 2 aliphatic rings. The molecule has 2 rings (SSSR count). The average molecular weight is 296 g/mol. The normalized spacial score (nSPS) is 36.3. The van der Waals surface area contributed by atoms with Gasteiger partial charge in [-0.05, 0) is 62.8 Å². The smallest absolute Gasteiger partial charge is 0.0655 e. The third-order valence-corrected chi connectivity index (χ3v) is 6.27. The van der Waals surface area contributed by atoms with Crippen molar-refractivity contribution in [2.24, 2.45) is 22.7 Å². The molecular formula is C19H37NO. The maximum Gasteiger partial charge on any atom is 0.0655 e. The zero-order chi connectivity index (χ0) is 15.7. The van der Waals surface area contributed by atoms with Gasteiger partial charge in [-0.25, -0.2) is 0 Å². The second kappa shape index (κ2) is 6.58. The lowest BCUT2D eigenvalue weighted by Gasteiger charge is -2.52. The predicted octanol–water partition coefficient (Wildman–Crippen LogP) is 4.63. The van der Waals surface area contributed by atoms with Gasteiger partial charge in [-0.1, -0.05) is 34.6 Å². The molecule has 124 valence electrons. The first-order valence-electron chi connectivity index (χ1n) is 9.10. The van der Waals surface area contributed by atoms with Crippen molar-refractivity contribution < 1.29 is 4.74 Å². The molecule has 0 aromatic carbocycles. The van der Waals surface area contributed by atoms with E-state index < -0.39 is 0 Å². The van der Waals surface area contributed by atoms with E-state index in [-0.39, 0.29) is 0 Å². The zero-order valence-electron chi connectivity index (χ0n) is 15.2. The Morgan fingerprint density at radius 3 is 2.19 bits per heavy atom. The first-order chi connectivity index (χ1) is 9.75. The lowest BCUT2D eigenvalue weighted by atomic mass is 9.64. The quantitative estimate of drug-likeness (QED) is 0.798. The molecular weight excluding hydrogens is 258 g/mol. The van der Waals surface area contributed by atoms with Crippen molar-refractivity contribution in [1.29, 1.82) is 0 Å². The van der Waals surface area contributed by atoms with E-state index in [2.05, 4.69) is 46.9 Å². The summed E-state index contributed by atoms with van der Waals surface area (Å²) in [7, 11) is 0. The van der Waals surface area contributed by atoms with Crippen LogP contribution >= 0.6 is 0 Å². The predicted molar refractivity (Wildman–Crippen MR) is 90.5 cm³/mol. The molecule has 0 bridgehead atoms. The van der Waals surface area contributed by atoms with Gasteiger partial charge in [0.25, 0.3) is 0 Å². The Balaban J connectivity index is 1.69. The number of rotatable bonds is 5. The van der Waals surface area contributed by atoms with Gasteiger partial charge >= 0.3 is 0 Å². The van der Waals surface area contributed by atoms with E-state index in [4.69, 9.17) is 4.74 Å². The Labute approximate surface area is 132 Å². The van der Waals surface area contributed by atoms with Gasteiger partial charge in [0, 0.05) is 18.1 Å². The number of ether oxygens (including phenoxy) is 1. The summed E-state index contributed by atoms with van der Waals surface area (Å²) >= 11 is 0. The zero-order valence-corrected chi connectivity index (χ0v) is 15.2. The summed E-state index contributed by atoms with van der Waals surface area (Å²) in [6.45, 7) is 16.1. The molecule has 0 aromatic heterocycles. The van der Waals surface area contributed by atoms with Crippen LogP contribution in [0.3, 0.4) is 0 Å². The van der Waals surface area contributed by atoms with Gasteiger partial charge in [-0.15, -0.1) is 0 Å². The van der Waals surface area contributed by atoms with Crippen LogP contribution in [0.1, 0.15) is 73.6 Å². The highest BCUT2D eigenvalue weighted by Gasteiger charge is 2.48. The molecule has 2 atom stereocenters. The van der Waals surface area contributed by atoms with Crippen molar-refractivity contribution in [3.8, 4) is 0 Å². The minimum Gasteiger partial charge on any atom is -0.378 e. The SMILES string of the molecule is CCOC1CC(NCC2CCC(C(C)(C)C)CC2)C1(C)C. The van der Waals surface area contributed by atoms with Crippen LogP contribution in [0.15, 0.2) is 0 Å². The van der Waals surface area contributed by atoms with Crippen LogP contribution in [0.4, 0.5) is 0 Å². The number of hydrogen-bond acceptors (Lipinski definition) is 2. The van der Waals surface area contributed by atoms with Crippen LogP contribution in [-0.2, 0) is 4.74 Å². The van der Waals surface area contributed by atoms with E-state index >= 15 is 0 Å². The van der Waals surface area contributed by atoms with E-state index in [1.165, 1.54) is 38.6 Å². The molecule has 2 saturated carbocycles. The van der Waals surface area contributed by atoms with E-state index in [1.807, 2.05) is 0 Å². The van der Waals surface area contributed by atoms with Gasteiger partial charge in [0.15, 0.2) is 0 Å². The third-order valence-electron chi connectivity index (χ3n) is 6.27. The fraction of sp³-hybridized carbons (Fsp3) is 1.00. The average Bonchev–Trinajstić information content (AvgIpc) is 2.41. The molecule has 0 radical (unpaired) electrons. The minimum absolute atomic E-state index is 0.304. The van der Waals surface area contributed by atoms with Gasteiger partial charge in [0.2, 0.25) is 0 Å². The van der Waals surface area contributed by atoms with Crippen molar-refractivity contribution >= 4 is 0 Å². The van der Waals surface area contributed by atoms with Crippen LogP contribution in [0.2, 0.25) is 0 Å². The van der Waals surface area contributed by atoms with E-state index in [0.29, 0.717) is 23.0 Å². The molecule has 0 saturated heterocycles. The Morgan fingerprint density at radius 1 is 1.10 bits per heavy atom. The molecule has 0 spiro atoms. The lowest BCUT2D eigenvalue weighted by molar-refractivity contribution is -0.114. The summed E-state index contributed by atoms with van der Waals surface area (Å²) in [5.41, 5.74) is 0.803. The Bertz CT molecular complexity index is 323. The van der Waals surface area contributed by atoms with E-state index in [0.717, 1.165) is 18.4 Å². The second-order valence-corrected chi connectivity index (χ2v) is 9.05. The van der Waals surface area contributed by atoms with Crippen molar-refractivity contribution in [3.63, 3.8) is 0 Å². The number of nitrogens with one attached hydrogen (secondary N) is 1. The van der Waals surface area contributed by atoms with Crippen LogP contribution in [0.5, 0.6) is 0 Å². The van der Waals surface area contributed by atoms with E-state index in [1.54, 1.807) is 0 Å². The molecule has 1 N–H and O–H groups in total. The van der Waals surface area contributed by atoms with Gasteiger partial charge in [-0.2, -0.15) is 0 Å². The van der Waals surface area contributed by atoms with Crippen molar-refractivity contribution in [3.05, 3.63) is 0 Å². The molecule has 2 nitrogen and oxygen atoms in total. The monoisotopic (exact) mass is 295 g/mol. The van der Waals surface area contributed by atoms with Gasteiger partial charge in [-0.3, -0.25) is 0 Å². The fourth-order valence-corrected chi connectivity index (χ4v) is 4.26. The molecule has 0 heterocycles. The van der Waals surface area contributed by atoms with Crippen LogP contribution in [-0.4, -0.2) is 25.3 Å². The first kappa shape index (κ1) is 17.3. The van der Waals surface area contributed by atoms with Crippen molar-refractivity contribution in [1.82, 2.24) is 5.32 Å². The first-order valence-corrected chi connectivity index (χ1v) is 9.10. The summed E-state index contributed by atoms with van der Waals surface area (Å²) in [4.78, 5) is 0. The van der Waals surface area contributed by atoms with Crippen LogP contribution < -0.4 is 5.32 Å². The highest BCUT2D eigenvalue weighted by molar-refractivity contribution is 5.03. The number of hydrogen-bond donors (Lipinski definition) is 1. The van der Waals surface area contributed by atoms with Crippen LogP contribution in [0.25, 0.3) is 0 Å². The van der Waals surface area contributed by atoms with Crippen LogP contribution in [0, 0.1) is 22.7 Å². The summed E-state index contributed by atoms with van der Waals surface area (Å²) < 4.78 is 5.83. The van der Waals surface area contributed by atoms with Crippen molar-refractivity contribution in [2.75, 3.05) is 13.2 Å². The van der Waals surface area contributed by atoms with Gasteiger partial charge in [0.05, 0.1) is 6.10 Å². The second-order valence-electron chi connectivity index (χ2n) is 9.05. The lowest BCUT2D eigenvalue weighted by Crippen LogP contribution is -2.61. The molecule has 2 heteroatoms. The maximum absolute atomic E-state index is 5.83. The topological polar surface area (TPSA) is 21.3 Å². The molecule has 2 aliphatic carbocycles. The molecule has 2 unspecified atom stereocenters. The molecule has 0 aliphatic heterocycles. The Kier molecular flexibility index (Phi) is 5.41. The molecule has 0 aromatic rings. The Morgan fingerprint density at radius 2 is 1.71 bits per heavy atom. The maximum atomic E-state index is 5.83.